The van der Waals surface area contributed by atoms with Crippen LogP contribution in [0.5, 0.6) is 0 Å². The third-order valence-electron chi connectivity index (χ3n) is 3.97. The van der Waals surface area contributed by atoms with Gasteiger partial charge in [0.15, 0.2) is 0 Å². The first-order valence-electron chi connectivity index (χ1n) is 7.28. The van der Waals surface area contributed by atoms with Gasteiger partial charge in [-0.3, -0.25) is 4.79 Å². The molecule has 1 saturated carbocycles. The number of rotatable bonds is 3. The molecule has 0 aliphatic heterocycles. The summed E-state index contributed by atoms with van der Waals surface area (Å²) in [7, 11) is 0. The monoisotopic (exact) mass is 286 g/mol. The van der Waals surface area contributed by atoms with Gasteiger partial charge in [-0.25, -0.2) is 4.39 Å². The van der Waals surface area contributed by atoms with E-state index >= 15 is 0 Å². The fourth-order valence-electron chi connectivity index (χ4n) is 2.65. The lowest BCUT2D eigenvalue weighted by atomic mass is 9.86. The van der Waals surface area contributed by atoms with Crippen LogP contribution < -0.4 is 5.32 Å². The summed E-state index contributed by atoms with van der Waals surface area (Å²) in [5.41, 5.74) is 0.694. The third-order valence-corrected chi connectivity index (χ3v) is 3.97. The van der Waals surface area contributed by atoms with Crippen molar-refractivity contribution < 1.29 is 9.18 Å². The van der Waals surface area contributed by atoms with E-state index in [4.69, 9.17) is 5.26 Å². The van der Waals surface area contributed by atoms with Crippen molar-refractivity contribution in [1.29, 1.82) is 5.26 Å². The molecule has 1 aliphatic carbocycles. The van der Waals surface area contributed by atoms with Gasteiger partial charge in [-0.05, 0) is 42.5 Å². The predicted octanol–water partition coefficient (Wildman–Crippen LogP) is 3.43. The van der Waals surface area contributed by atoms with Crippen LogP contribution in [0.25, 0.3) is 6.08 Å². The topological polar surface area (TPSA) is 52.9 Å². The molecule has 1 N–H and O–H groups in total. The summed E-state index contributed by atoms with van der Waals surface area (Å²) < 4.78 is 12.9. The molecule has 21 heavy (non-hydrogen) atoms. The molecule has 1 aliphatic rings. The number of nitriles is 1. The van der Waals surface area contributed by atoms with Crippen molar-refractivity contribution in [1.82, 2.24) is 5.32 Å². The van der Waals surface area contributed by atoms with E-state index in [-0.39, 0.29) is 23.3 Å². The zero-order valence-corrected chi connectivity index (χ0v) is 12.1. The first kappa shape index (κ1) is 15.2. The van der Waals surface area contributed by atoms with E-state index in [1.54, 1.807) is 12.1 Å². The zero-order valence-electron chi connectivity index (χ0n) is 12.1. The van der Waals surface area contributed by atoms with Crippen molar-refractivity contribution >= 4 is 12.0 Å². The molecule has 1 fully saturated rings. The Bertz CT molecular complexity index is 571. The quantitative estimate of drug-likeness (QED) is 0.683. The molecule has 0 radical (unpaired) electrons. The molecule has 3 nitrogen and oxygen atoms in total. The van der Waals surface area contributed by atoms with Gasteiger partial charge in [-0.2, -0.15) is 5.26 Å². The van der Waals surface area contributed by atoms with Gasteiger partial charge >= 0.3 is 0 Å². The van der Waals surface area contributed by atoms with Gasteiger partial charge in [-0.15, -0.1) is 0 Å². The van der Waals surface area contributed by atoms with Gasteiger partial charge < -0.3 is 5.32 Å². The number of nitrogens with one attached hydrogen (secondary N) is 1. The van der Waals surface area contributed by atoms with Gasteiger partial charge in [0.2, 0.25) is 0 Å². The Morgan fingerprint density at radius 2 is 2.00 bits per heavy atom. The van der Waals surface area contributed by atoms with Gasteiger partial charge in [0.25, 0.3) is 5.91 Å². The van der Waals surface area contributed by atoms with E-state index in [1.807, 2.05) is 6.07 Å². The number of nitrogens with zero attached hydrogens (tertiary/aromatic N) is 1. The maximum absolute atomic E-state index is 12.9. The normalized spacial score (nSPS) is 22.4. The Morgan fingerprint density at radius 1 is 1.33 bits per heavy atom. The Labute approximate surface area is 124 Å². The third kappa shape index (κ3) is 4.16. The number of hydrogen-bond acceptors (Lipinski definition) is 2. The van der Waals surface area contributed by atoms with Crippen molar-refractivity contribution in [3.8, 4) is 6.07 Å². The fraction of sp³-hybridized carbons (Fsp3) is 0.412. The molecule has 1 aromatic carbocycles. The highest BCUT2D eigenvalue weighted by Crippen LogP contribution is 2.24. The van der Waals surface area contributed by atoms with Crippen LogP contribution in [-0.2, 0) is 4.79 Å². The van der Waals surface area contributed by atoms with Crippen LogP contribution in [0.2, 0.25) is 0 Å². The van der Waals surface area contributed by atoms with Gasteiger partial charge in [0, 0.05) is 6.04 Å². The minimum absolute atomic E-state index is 0.0550. The van der Waals surface area contributed by atoms with Crippen molar-refractivity contribution in [3.63, 3.8) is 0 Å². The van der Waals surface area contributed by atoms with Crippen LogP contribution in [0.4, 0.5) is 4.39 Å². The average molecular weight is 286 g/mol. The number of carbonyl (C=O) groups is 1. The lowest BCUT2D eigenvalue weighted by molar-refractivity contribution is -0.118. The second kappa shape index (κ2) is 7.03. The Balaban J connectivity index is 2.08. The first-order chi connectivity index (χ1) is 10.1. The van der Waals surface area contributed by atoms with Crippen LogP contribution >= 0.6 is 0 Å². The molecule has 0 aromatic heterocycles. The number of carbonyl (C=O) groups excluding carboxylic acids is 1. The molecule has 0 spiro atoms. The summed E-state index contributed by atoms with van der Waals surface area (Å²) in [5, 5.41) is 12.1. The minimum Gasteiger partial charge on any atom is -0.348 e. The van der Waals surface area contributed by atoms with Crippen LogP contribution in [0, 0.1) is 23.1 Å². The SMILES string of the molecule is C[C@H]1CCCC[C@H]1NC(=O)/C(C#N)=C/c1ccc(F)cc1. The minimum atomic E-state index is -0.347. The molecule has 2 rings (SSSR count). The van der Waals surface area contributed by atoms with Gasteiger partial charge in [-0.1, -0.05) is 31.9 Å². The Hall–Kier alpha value is -2.15. The highest BCUT2D eigenvalue weighted by Gasteiger charge is 2.23. The molecule has 0 bridgehead atoms. The summed E-state index contributed by atoms with van der Waals surface area (Å²) in [6.07, 6.45) is 5.86. The van der Waals surface area contributed by atoms with Crippen LogP contribution in [0.3, 0.4) is 0 Å². The second-order valence-electron chi connectivity index (χ2n) is 5.56. The maximum atomic E-state index is 12.9. The van der Waals surface area contributed by atoms with E-state index in [0.29, 0.717) is 11.5 Å². The zero-order chi connectivity index (χ0) is 15.2. The predicted molar refractivity (Wildman–Crippen MR) is 79.6 cm³/mol. The molecule has 2 atom stereocenters. The lowest BCUT2D eigenvalue weighted by Gasteiger charge is -2.29. The smallest absolute Gasteiger partial charge is 0.262 e. The highest BCUT2D eigenvalue weighted by atomic mass is 19.1. The lowest BCUT2D eigenvalue weighted by Crippen LogP contribution is -2.41. The first-order valence-corrected chi connectivity index (χ1v) is 7.28. The standard InChI is InChI=1S/C17H19FN2O/c1-12-4-2-3-5-16(12)20-17(21)14(11-19)10-13-6-8-15(18)9-7-13/h6-10,12,16H,2-5H2,1H3,(H,20,21)/b14-10+/t12-,16+/m0/s1. The highest BCUT2D eigenvalue weighted by molar-refractivity contribution is 6.01. The van der Waals surface area contributed by atoms with Crippen LogP contribution in [-0.4, -0.2) is 11.9 Å². The maximum Gasteiger partial charge on any atom is 0.262 e. The van der Waals surface area contributed by atoms with Crippen LogP contribution in [0.15, 0.2) is 29.8 Å². The molecule has 4 heteroatoms. The molecule has 0 unspecified atom stereocenters. The van der Waals surface area contributed by atoms with E-state index < -0.39 is 0 Å². The number of amides is 1. The van der Waals surface area contributed by atoms with Crippen molar-refractivity contribution in [2.75, 3.05) is 0 Å². The molecule has 0 saturated heterocycles. The average Bonchev–Trinajstić information content (AvgIpc) is 2.49. The summed E-state index contributed by atoms with van der Waals surface area (Å²) in [4.78, 5) is 12.2. The molecule has 1 amide bonds. The largest absolute Gasteiger partial charge is 0.348 e. The molecular weight excluding hydrogens is 267 g/mol. The molecule has 1 aromatic rings. The summed E-state index contributed by atoms with van der Waals surface area (Å²) in [5.74, 6) is -0.250. The fourth-order valence-corrected chi connectivity index (χ4v) is 2.65. The second-order valence-corrected chi connectivity index (χ2v) is 5.56. The molecule has 0 heterocycles. The van der Waals surface area contributed by atoms with E-state index in [2.05, 4.69) is 12.2 Å². The van der Waals surface area contributed by atoms with E-state index in [1.165, 1.54) is 24.6 Å². The van der Waals surface area contributed by atoms with Crippen molar-refractivity contribution in [3.05, 3.63) is 41.2 Å². The Morgan fingerprint density at radius 3 is 2.62 bits per heavy atom. The summed E-state index contributed by atoms with van der Waals surface area (Å²) in [6, 6.07) is 7.76. The van der Waals surface area contributed by atoms with Crippen molar-refractivity contribution in [2.45, 2.75) is 38.6 Å². The summed E-state index contributed by atoms with van der Waals surface area (Å²) in [6.45, 7) is 2.12. The molecule has 110 valence electrons. The van der Waals surface area contributed by atoms with E-state index in [0.717, 1.165) is 19.3 Å². The van der Waals surface area contributed by atoms with Crippen molar-refractivity contribution in [2.24, 2.45) is 5.92 Å². The number of benzene rings is 1. The number of hydrogen-bond donors (Lipinski definition) is 1. The molecular formula is C17H19FN2O. The van der Waals surface area contributed by atoms with E-state index in [9.17, 15) is 9.18 Å². The van der Waals surface area contributed by atoms with Gasteiger partial charge in [0.05, 0.1) is 0 Å². The Kier molecular flexibility index (Phi) is 5.10. The van der Waals surface area contributed by atoms with Crippen LogP contribution in [0.1, 0.15) is 38.2 Å². The number of halogens is 1. The van der Waals surface area contributed by atoms with Gasteiger partial charge in [0.1, 0.15) is 17.5 Å². The summed E-state index contributed by atoms with van der Waals surface area (Å²) >= 11 is 0.